The molecule has 1 unspecified atom stereocenters. The number of aromatic carboxylic acids is 1. The predicted octanol–water partition coefficient (Wildman–Crippen LogP) is 1.00. The molecule has 2 aromatic rings. The summed E-state index contributed by atoms with van der Waals surface area (Å²) in [6, 6.07) is 0.210. The minimum atomic E-state index is -1.08. The van der Waals surface area contributed by atoms with E-state index in [1.54, 1.807) is 0 Å². The minimum Gasteiger partial charge on any atom is -0.476 e. The first kappa shape index (κ1) is 15.1. The molecule has 120 valence electrons. The molecule has 0 radical (unpaired) electrons. The summed E-state index contributed by atoms with van der Waals surface area (Å²) in [4.78, 5) is 29.6. The van der Waals surface area contributed by atoms with Gasteiger partial charge in [0.05, 0.1) is 12.4 Å². The molecular formula is C15H18N6O2. The number of hydrogen-bond acceptors (Lipinski definition) is 7. The normalized spacial score (nSPS) is 16.5. The van der Waals surface area contributed by atoms with E-state index in [4.69, 9.17) is 5.11 Å². The van der Waals surface area contributed by atoms with Crippen molar-refractivity contribution in [1.82, 2.24) is 19.9 Å². The number of aryl methyl sites for hydroxylation is 1. The van der Waals surface area contributed by atoms with E-state index in [0.717, 1.165) is 36.5 Å². The van der Waals surface area contributed by atoms with E-state index < -0.39 is 5.97 Å². The third-order valence-electron chi connectivity index (χ3n) is 3.76. The fraction of sp³-hybridized carbons (Fsp3) is 0.400. The molecule has 0 saturated carbocycles. The van der Waals surface area contributed by atoms with Crippen molar-refractivity contribution in [2.75, 3.05) is 24.3 Å². The van der Waals surface area contributed by atoms with Gasteiger partial charge in [0.1, 0.15) is 5.82 Å². The summed E-state index contributed by atoms with van der Waals surface area (Å²) in [7, 11) is 3.85. The van der Waals surface area contributed by atoms with Crippen LogP contribution < -0.4 is 10.2 Å². The molecule has 0 bridgehead atoms. The number of fused-ring (bicyclic) bond motifs is 1. The summed E-state index contributed by atoms with van der Waals surface area (Å²) in [6.45, 7) is 0. The van der Waals surface area contributed by atoms with Crippen molar-refractivity contribution in [2.45, 2.75) is 25.3 Å². The Labute approximate surface area is 133 Å². The van der Waals surface area contributed by atoms with Gasteiger partial charge >= 0.3 is 5.97 Å². The van der Waals surface area contributed by atoms with Gasteiger partial charge in [0.25, 0.3) is 0 Å². The fourth-order valence-corrected chi connectivity index (χ4v) is 2.56. The quantitative estimate of drug-likeness (QED) is 0.861. The number of nitrogens with one attached hydrogen (secondary N) is 1. The van der Waals surface area contributed by atoms with Crippen LogP contribution in [0.3, 0.4) is 0 Å². The van der Waals surface area contributed by atoms with Gasteiger partial charge in [-0.2, -0.15) is 0 Å². The van der Waals surface area contributed by atoms with Crippen LogP contribution in [-0.2, 0) is 12.8 Å². The first-order valence-electron chi connectivity index (χ1n) is 7.37. The van der Waals surface area contributed by atoms with Crippen LogP contribution in [0.1, 0.15) is 28.2 Å². The van der Waals surface area contributed by atoms with Gasteiger partial charge in [-0.3, -0.25) is 0 Å². The minimum absolute atomic E-state index is 0.0610. The Balaban J connectivity index is 1.68. The summed E-state index contributed by atoms with van der Waals surface area (Å²) >= 11 is 0. The van der Waals surface area contributed by atoms with E-state index in [9.17, 15) is 4.79 Å². The molecule has 23 heavy (non-hydrogen) atoms. The van der Waals surface area contributed by atoms with E-state index in [2.05, 4.69) is 25.3 Å². The van der Waals surface area contributed by atoms with Gasteiger partial charge in [-0.1, -0.05) is 0 Å². The van der Waals surface area contributed by atoms with Gasteiger partial charge < -0.3 is 15.3 Å². The van der Waals surface area contributed by atoms with Crippen molar-refractivity contribution in [2.24, 2.45) is 0 Å². The van der Waals surface area contributed by atoms with Crippen LogP contribution in [0, 0.1) is 0 Å². The van der Waals surface area contributed by atoms with Gasteiger partial charge in [0.2, 0.25) is 5.95 Å². The Hall–Kier alpha value is -2.77. The van der Waals surface area contributed by atoms with Crippen molar-refractivity contribution in [3.05, 3.63) is 35.5 Å². The zero-order valence-electron chi connectivity index (χ0n) is 13.0. The third-order valence-corrected chi connectivity index (χ3v) is 3.76. The highest BCUT2D eigenvalue weighted by molar-refractivity contribution is 5.84. The zero-order chi connectivity index (χ0) is 16.4. The highest BCUT2D eigenvalue weighted by atomic mass is 16.4. The molecule has 0 saturated heterocycles. The standard InChI is InChI=1S/C15H18N6O2/c1-21(2)15-18-6-9-5-10(3-4-11(9)20-15)19-13-8-16-12(7-17-13)14(22)23/h6-8,10H,3-5H2,1-2H3,(H,17,19)(H,22,23). The Bertz CT molecular complexity index is 716. The van der Waals surface area contributed by atoms with E-state index >= 15 is 0 Å². The number of anilines is 2. The average molecular weight is 314 g/mol. The first-order valence-corrected chi connectivity index (χ1v) is 7.37. The maximum atomic E-state index is 10.8. The second kappa shape index (κ2) is 6.15. The number of hydrogen-bond donors (Lipinski definition) is 2. The van der Waals surface area contributed by atoms with Gasteiger partial charge in [-0.25, -0.2) is 24.7 Å². The monoisotopic (exact) mass is 314 g/mol. The molecule has 2 heterocycles. The van der Waals surface area contributed by atoms with Crippen molar-refractivity contribution in [3.8, 4) is 0 Å². The molecule has 8 heteroatoms. The van der Waals surface area contributed by atoms with Crippen LogP contribution in [-0.4, -0.2) is 51.1 Å². The molecule has 2 aromatic heterocycles. The summed E-state index contributed by atoms with van der Waals surface area (Å²) < 4.78 is 0. The Morgan fingerprint density at radius 2 is 2.09 bits per heavy atom. The van der Waals surface area contributed by atoms with Gasteiger partial charge in [-0.15, -0.1) is 0 Å². The fourth-order valence-electron chi connectivity index (χ4n) is 2.56. The van der Waals surface area contributed by atoms with Crippen molar-refractivity contribution >= 4 is 17.7 Å². The van der Waals surface area contributed by atoms with Crippen molar-refractivity contribution in [1.29, 1.82) is 0 Å². The summed E-state index contributed by atoms with van der Waals surface area (Å²) in [6.07, 6.45) is 7.20. The lowest BCUT2D eigenvalue weighted by Crippen LogP contribution is -2.29. The van der Waals surface area contributed by atoms with Crippen LogP contribution in [0.2, 0.25) is 0 Å². The largest absolute Gasteiger partial charge is 0.476 e. The van der Waals surface area contributed by atoms with Gasteiger partial charge in [0, 0.05) is 32.0 Å². The van der Waals surface area contributed by atoms with E-state index in [1.807, 2.05) is 25.2 Å². The molecule has 0 aliphatic heterocycles. The van der Waals surface area contributed by atoms with Crippen LogP contribution in [0.25, 0.3) is 0 Å². The Morgan fingerprint density at radius 3 is 2.74 bits per heavy atom. The highest BCUT2D eigenvalue weighted by Crippen LogP contribution is 2.22. The molecule has 1 aliphatic rings. The highest BCUT2D eigenvalue weighted by Gasteiger charge is 2.21. The lowest BCUT2D eigenvalue weighted by Gasteiger charge is -2.25. The summed E-state index contributed by atoms with van der Waals surface area (Å²) in [5.74, 6) is 0.226. The molecule has 0 aromatic carbocycles. The lowest BCUT2D eigenvalue weighted by atomic mass is 9.93. The van der Waals surface area contributed by atoms with E-state index in [0.29, 0.717) is 5.82 Å². The van der Waals surface area contributed by atoms with Crippen LogP contribution >= 0.6 is 0 Å². The predicted molar refractivity (Wildman–Crippen MR) is 84.8 cm³/mol. The van der Waals surface area contributed by atoms with Crippen molar-refractivity contribution in [3.63, 3.8) is 0 Å². The maximum absolute atomic E-state index is 10.8. The first-order chi connectivity index (χ1) is 11.0. The topological polar surface area (TPSA) is 104 Å². The molecule has 1 aliphatic carbocycles. The SMILES string of the molecule is CN(C)c1ncc2c(n1)CCC(Nc1cnc(C(=O)O)cn1)C2. The number of carboxylic acid groups (broad SMARTS) is 1. The molecule has 2 N–H and O–H groups in total. The van der Waals surface area contributed by atoms with Crippen LogP contribution in [0.4, 0.5) is 11.8 Å². The molecule has 1 atom stereocenters. The summed E-state index contributed by atoms with van der Waals surface area (Å²) in [5, 5.41) is 12.1. The van der Waals surface area contributed by atoms with Crippen molar-refractivity contribution < 1.29 is 9.90 Å². The Morgan fingerprint density at radius 1 is 1.26 bits per heavy atom. The van der Waals surface area contributed by atoms with Crippen LogP contribution in [0.15, 0.2) is 18.6 Å². The molecule has 3 rings (SSSR count). The smallest absolute Gasteiger partial charge is 0.356 e. The lowest BCUT2D eigenvalue weighted by molar-refractivity contribution is 0.0690. The number of carbonyl (C=O) groups is 1. The molecular weight excluding hydrogens is 296 g/mol. The number of rotatable bonds is 4. The second-order valence-electron chi connectivity index (χ2n) is 5.71. The number of carboxylic acids is 1. The molecule has 8 nitrogen and oxygen atoms in total. The molecule has 0 amide bonds. The average Bonchev–Trinajstić information content (AvgIpc) is 2.54. The second-order valence-corrected chi connectivity index (χ2v) is 5.71. The van der Waals surface area contributed by atoms with Crippen LogP contribution in [0.5, 0.6) is 0 Å². The van der Waals surface area contributed by atoms with Gasteiger partial charge in [-0.05, 0) is 24.8 Å². The molecule has 0 spiro atoms. The molecule has 0 fully saturated rings. The number of aromatic nitrogens is 4. The zero-order valence-corrected chi connectivity index (χ0v) is 13.0. The van der Waals surface area contributed by atoms with Gasteiger partial charge in [0.15, 0.2) is 5.69 Å². The maximum Gasteiger partial charge on any atom is 0.356 e. The third kappa shape index (κ3) is 3.36. The number of nitrogens with zero attached hydrogens (tertiary/aromatic N) is 5. The van der Waals surface area contributed by atoms with E-state index in [1.165, 1.54) is 12.4 Å². The Kier molecular flexibility index (Phi) is 4.05. The summed E-state index contributed by atoms with van der Waals surface area (Å²) in [5.41, 5.74) is 2.16. The van der Waals surface area contributed by atoms with E-state index in [-0.39, 0.29) is 11.7 Å².